The number of thiazole rings is 1. The Balaban J connectivity index is 1.82. The summed E-state index contributed by atoms with van der Waals surface area (Å²) in [6.45, 7) is 1.55. The fourth-order valence-corrected chi connectivity index (χ4v) is 2.64. The Hall–Kier alpha value is -0.610. The Morgan fingerprint density at radius 1 is 1.24 bits per heavy atom. The summed E-state index contributed by atoms with van der Waals surface area (Å²) in [4.78, 5) is 4.22. The lowest BCUT2D eigenvalue weighted by atomic mass is 10.2. The second-order valence-corrected chi connectivity index (χ2v) is 5.35. The molecule has 2 nitrogen and oxygen atoms in total. The Bertz CT molecular complexity index is 451. The number of halogens is 2. The summed E-state index contributed by atoms with van der Waals surface area (Å²) >= 11 is 13.8. The number of hydrogen-bond donors (Lipinski definition) is 1. The van der Waals surface area contributed by atoms with Gasteiger partial charge in [-0.15, -0.1) is 11.3 Å². The predicted molar refractivity (Wildman–Crippen MR) is 74.0 cm³/mol. The standard InChI is InChI=1S/C12H12Cl2N2S/c13-10-2-1-3-11(14)9(10)8-15-5-4-12-16-6-7-17-12/h1-3,6-7,15H,4-5,8H2. The van der Waals surface area contributed by atoms with Crippen molar-refractivity contribution in [3.05, 3.63) is 50.4 Å². The molecular formula is C12H12Cl2N2S. The van der Waals surface area contributed by atoms with Crippen molar-refractivity contribution in [2.24, 2.45) is 0 Å². The van der Waals surface area contributed by atoms with Crippen LogP contribution in [0.15, 0.2) is 29.8 Å². The largest absolute Gasteiger partial charge is 0.312 e. The lowest BCUT2D eigenvalue weighted by Crippen LogP contribution is -2.17. The molecule has 0 aliphatic heterocycles. The zero-order valence-electron chi connectivity index (χ0n) is 9.12. The van der Waals surface area contributed by atoms with Crippen molar-refractivity contribution < 1.29 is 0 Å². The first kappa shape index (κ1) is 12.8. The summed E-state index contributed by atoms with van der Waals surface area (Å²) in [6, 6.07) is 5.56. The molecule has 0 fully saturated rings. The minimum absolute atomic E-state index is 0.684. The van der Waals surface area contributed by atoms with Crippen LogP contribution in [0.4, 0.5) is 0 Å². The van der Waals surface area contributed by atoms with Gasteiger partial charge in [0.2, 0.25) is 0 Å². The molecule has 0 atom stereocenters. The number of nitrogens with zero attached hydrogens (tertiary/aromatic N) is 1. The second-order valence-electron chi connectivity index (χ2n) is 3.55. The van der Waals surface area contributed by atoms with E-state index in [1.54, 1.807) is 11.3 Å². The summed E-state index contributed by atoms with van der Waals surface area (Å²) in [5, 5.41) is 7.86. The van der Waals surface area contributed by atoms with Crippen molar-refractivity contribution in [2.45, 2.75) is 13.0 Å². The Morgan fingerprint density at radius 3 is 2.65 bits per heavy atom. The molecule has 0 spiro atoms. The van der Waals surface area contributed by atoms with Gasteiger partial charge >= 0.3 is 0 Å². The monoisotopic (exact) mass is 286 g/mol. The third-order valence-corrected chi connectivity index (χ3v) is 3.91. The van der Waals surface area contributed by atoms with Crippen molar-refractivity contribution >= 4 is 34.5 Å². The van der Waals surface area contributed by atoms with Crippen LogP contribution in [0.1, 0.15) is 10.6 Å². The van der Waals surface area contributed by atoms with Gasteiger partial charge in [0.1, 0.15) is 0 Å². The van der Waals surface area contributed by atoms with Gasteiger partial charge in [0, 0.05) is 46.7 Å². The van der Waals surface area contributed by atoms with Crippen molar-refractivity contribution in [1.82, 2.24) is 10.3 Å². The maximum absolute atomic E-state index is 6.07. The topological polar surface area (TPSA) is 24.9 Å². The average molecular weight is 287 g/mol. The van der Waals surface area contributed by atoms with Gasteiger partial charge in [0.25, 0.3) is 0 Å². The van der Waals surface area contributed by atoms with Gasteiger partial charge in [-0.25, -0.2) is 4.98 Å². The van der Waals surface area contributed by atoms with Gasteiger partial charge in [-0.05, 0) is 12.1 Å². The van der Waals surface area contributed by atoms with Crippen LogP contribution in [-0.4, -0.2) is 11.5 Å². The molecule has 0 aliphatic carbocycles. The zero-order chi connectivity index (χ0) is 12.1. The van der Waals surface area contributed by atoms with Crippen molar-refractivity contribution in [2.75, 3.05) is 6.54 Å². The highest BCUT2D eigenvalue weighted by molar-refractivity contribution is 7.09. The molecule has 0 amide bonds. The van der Waals surface area contributed by atoms with Gasteiger partial charge in [-0.2, -0.15) is 0 Å². The van der Waals surface area contributed by atoms with E-state index in [1.165, 1.54) is 0 Å². The van der Waals surface area contributed by atoms with Crippen LogP contribution in [0.25, 0.3) is 0 Å². The molecule has 2 aromatic rings. The van der Waals surface area contributed by atoms with Gasteiger partial charge in [-0.1, -0.05) is 29.3 Å². The summed E-state index contributed by atoms with van der Waals surface area (Å²) < 4.78 is 0. The number of nitrogens with one attached hydrogen (secondary N) is 1. The first-order chi connectivity index (χ1) is 8.27. The van der Waals surface area contributed by atoms with Crippen LogP contribution < -0.4 is 5.32 Å². The van der Waals surface area contributed by atoms with Crippen LogP contribution >= 0.6 is 34.5 Å². The number of benzene rings is 1. The molecular weight excluding hydrogens is 275 g/mol. The highest BCUT2D eigenvalue weighted by Crippen LogP contribution is 2.23. The second kappa shape index (κ2) is 6.36. The minimum Gasteiger partial charge on any atom is -0.312 e. The average Bonchev–Trinajstić information content (AvgIpc) is 2.80. The van der Waals surface area contributed by atoms with E-state index in [0.717, 1.165) is 23.5 Å². The van der Waals surface area contributed by atoms with Crippen molar-refractivity contribution in [1.29, 1.82) is 0 Å². The molecule has 1 heterocycles. The van der Waals surface area contributed by atoms with E-state index in [4.69, 9.17) is 23.2 Å². The molecule has 0 saturated heterocycles. The van der Waals surface area contributed by atoms with Crippen molar-refractivity contribution in [3.63, 3.8) is 0 Å². The third kappa shape index (κ3) is 3.68. The number of rotatable bonds is 5. The summed E-state index contributed by atoms with van der Waals surface area (Å²) in [5.74, 6) is 0. The molecule has 2 rings (SSSR count). The highest BCUT2D eigenvalue weighted by atomic mass is 35.5. The van der Waals surface area contributed by atoms with Crippen LogP contribution in [0.3, 0.4) is 0 Å². The number of aromatic nitrogens is 1. The summed E-state index contributed by atoms with van der Waals surface area (Å²) in [7, 11) is 0. The smallest absolute Gasteiger partial charge is 0.0937 e. The van der Waals surface area contributed by atoms with E-state index in [1.807, 2.05) is 29.8 Å². The highest BCUT2D eigenvalue weighted by Gasteiger charge is 2.04. The van der Waals surface area contributed by atoms with Gasteiger partial charge in [-0.3, -0.25) is 0 Å². The maximum atomic E-state index is 6.07. The summed E-state index contributed by atoms with van der Waals surface area (Å²) in [5.41, 5.74) is 0.954. The van der Waals surface area contributed by atoms with E-state index in [-0.39, 0.29) is 0 Å². The van der Waals surface area contributed by atoms with E-state index < -0.39 is 0 Å². The molecule has 5 heteroatoms. The van der Waals surface area contributed by atoms with Crippen LogP contribution in [0.2, 0.25) is 10.0 Å². The quantitative estimate of drug-likeness (QED) is 0.846. The maximum Gasteiger partial charge on any atom is 0.0937 e. The van der Waals surface area contributed by atoms with E-state index in [9.17, 15) is 0 Å². The fraction of sp³-hybridized carbons (Fsp3) is 0.250. The molecule has 90 valence electrons. The lowest BCUT2D eigenvalue weighted by Gasteiger charge is -2.07. The molecule has 1 aromatic carbocycles. The van der Waals surface area contributed by atoms with Gasteiger partial charge in [0.15, 0.2) is 0 Å². The fourth-order valence-electron chi connectivity index (χ4n) is 1.49. The molecule has 0 unspecified atom stereocenters. The molecule has 17 heavy (non-hydrogen) atoms. The normalized spacial score (nSPS) is 10.7. The van der Waals surface area contributed by atoms with Crippen molar-refractivity contribution in [3.8, 4) is 0 Å². The minimum atomic E-state index is 0.684. The molecule has 1 aromatic heterocycles. The van der Waals surface area contributed by atoms with Gasteiger partial charge < -0.3 is 5.32 Å². The molecule has 0 aliphatic rings. The molecule has 0 bridgehead atoms. The lowest BCUT2D eigenvalue weighted by molar-refractivity contribution is 0.685. The Kier molecular flexibility index (Phi) is 4.80. The van der Waals surface area contributed by atoms with Crippen LogP contribution in [0.5, 0.6) is 0 Å². The van der Waals surface area contributed by atoms with E-state index in [0.29, 0.717) is 16.6 Å². The predicted octanol–water partition coefficient (Wildman–Crippen LogP) is 3.78. The summed E-state index contributed by atoms with van der Waals surface area (Å²) in [6.07, 6.45) is 2.75. The Labute approximate surface area is 115 Å². The van der Waals surface area contributed by atoms with E-state index in [2.05, 4.69) is 10.3 Å². The third-order valence-electron chi connectivity index (χ3n) is 2.36. The number of hydrogen-bond acceptors (Lipinski definition) is 3. The van der Waals surface area contributed by atoms with Crippen LogP contribution in [0, 0.1) is 0 Å². The van der Waals surface area contributed by atoms with Gasteiger partial charge in [0.05, 0.1) is 5.01 Å². The molecule has 0 saturated carbocycles. The molecule has 1 N–H and O–H groups in total. The van der Waals surface area contributed by atoms with Crippen LogP contribution in [-0.2, 0) is 13.0 Å². The molecule has 0 radical (unpaired) electrons. The van der Waals surface area contributed by atoms with E-state index >= 15 is 0 Å². The first-order valence-electron chi connectivity index (χ1n) is 5.29. The first-order valence-corrected chi connectivity index (χ1v) is 6.93. The SMILES string of the molecule is Clc1cccc(Cl)c1CNCCc1nccs1. The zero-order valence-corrected chi connectivity index (χ0v) is 11.4. The Morgan fingerprint density at radius 2 is 2.00 bits per heavy atom.